The first kappa shape index (κ1) is 20.0. The predicted molar refractivity (Wildman–Crippen MR) is 119 cm³/mol. The average Bonchev–Trinajstić information content (AvgIpc) is 3.03. The van der Waals surface area contributed by atoms with E-state index in [0.29, 0.717) is 22.4 Å². The van der Waals surface area contributed by atoms with Gasteiger partial charge in [-0.25, -0.2) is 9.18 Å². The second kappa shape index (κ2) is 7.87. The highest BCUT2D eigenvalue weighted by Crippen LogP contribution is 2.32. The maximum absolute atomic E-state index is 13.2. The monoisotopic (exact) mass is 425 g/mol. The van der Waals surface area contributed by atoms with E-state index in [2.05, 4.69) is 4.72 Å². The fourth-order valence-corrected chi connectivity index (χ4v) is 3.84. The van der Waals surface area contributed by atoms with E-state index in [0.717, 1.165) is 16.7 Å². The summed E-state index contributed by atoms with van der Waals surface area (Å²) in [5.74, 6) is -0.825. The van der Waals surface area contributed by atoms with E-state index in [9.17, 15) is 14.0 Å². The molecule has 0 aliphatic heterocycles. The molecule has 0 unspecified atom stereocenters. The Hall–Kier alpha value is -3.26. The van der Waals surface area contributed by atoms with Crippen LogP contribution in [0.2, 0.25) is 0 Å². The topological polar surface area (TPSA) is 69.2 Å². The molecule has 0 spiro atoms. The number of pyridine rings is 1. The summed E-state index contributed by atoms with van der Waals surface area (Å²) in [6.45, 7) is 2.02. The molecule has 0 saturated heterocycles. The maximum Gasteiger partial charge on any atom is 0.420 e. The van der Waals surface area contributed by atoms with E-state index in [4.69, 9.17) is 4.42 Å². The Bertz CT molecular complexity index is 1330. The van der Waals surface area contributed by atoms with Gasteiger partial charge in [-0.05, 0) is 53.9 Å². The van der Waals surface area contributed by atoms with Crippen LogP contribution in [0.4, 0.5) is 10.1 Å². The van der Waals surface area contributed by atoms with Gasteiger partial charge in [-0.1, -0.05) is 24.1 Å². The van der Waals surface area contributed by atoms with Crippen molar-refractivity contribution in [1.29, 1.82) is 0 Å². The minimum absolute atomic E-state index is 0.0566. The summed E-state index contributed by atoms with van der Waals surface area (Å²) in [6.07, 6.45) is 3.64. The Morgan fingerprint density at radius 3 is 2.50 bits per heavy atom. The van der Waals surface area contributed by atoms with Crippen LogP contribution >= 0.6 is 11.9 Å². The molecule has 154 valence electrons. The molecular formula is C22H20FN3O3S. The summed E-state index contributed by atoms with van der Waals surface area (Å²) in [5.41, 5.74) is 4.77. The van der Waals surface area contributed by atoms with E-state index in [1.807, 2.05) is 24.5 Å². The number of aromatic nitrogens is 2. The van der Waals surface area contributed by atoms with Crippen molar-refractivity contribution in [2.45, 2.75) is 13.5 Å². The van der Waals surface area contributed by atoms with Gasteiger partial charge in [0.15, 0.2) is 5.58 Å². The van der Waals surface area contributed by atoms with E-state index < -0.39 is 5.76 Å². The summed E-state index contributed by atoms with van der Waals surface area (Å²) in [4.78, 5) is 24.7. The summed E-state index contributed by atoms with van der Waals surface area (Å²) in [7, 11) is 1.71. The Morgan fingerprint density at radius 2 is 1.83 bits per heavy atom. The highest BCUT2D eigenvalue weighted by atomic mass is 32.2. The zero-order valence-electron chi connectivity index (χ0n) is 16.7. The Labute approximate surface area is 176 Å². The third-order valence-corrected chi connectivity index (χ3v) is 5.36. The molecule has 0 atom stereocenters. The van der Waals surface area contributed by atoms with Crippen LogP contribution in [0, 0.1) is 12.7 Å². The van der Waals surface area contributed by atoms with Gasteiger partial charge in [0.05, 0.1) is 17.7 Å². The predicted octanol–water partition coefficient (Wildman–Crippen LogP) is 4.15. The number of hydrogen-bond acceptors (Lipinski definition) is 5. The van der Waals surface area contributed by atoms with Gasteiger partial charge in [-0.3, -0.25) is 9.36 Å². The zero-order chi connectivity index (χ0) is 21.4. The molecule has 1 N–H and O–H groups in total. The first-order chi connectivity index (χ1) is 14.4. The van der Waals surface area contributed by atoms with Gasteiger partial charge in [0, 0.05) is 25.1 Å². The number of nitrogens with zero attached hydrogens (tertiary/aromatic N) is 2. The molecule has 2 aromatic heterocycles. The van der Waals surface area contributed by atoms with Crippen LogP contribution in [0.15, 0.2) is 62.7 Å². The average molecular weight is 425 g/mol. The summed E-state index contributed by atoms with van der Waals surface area (Å²) in [5, 5.41) is 0. The van der Waals surface area contributed by atoms with Crippen LogP contribution in [-0.4, -0.2) is 15.4 Å². The molecule has 6 nitrogen and oxygen atoms in total. The number of hydrogen-bond donors (Lipinski definition) is 1. The van der Waals surface area contributed by atoms with Gasteiger partial charge < -0.3 is 13.7 Å². The summed E-state index contributed by atoms with van der Waals surface area (Å²) >= 11 is 1.38. The van der Waals surface area contributed by atoms with Gasteiger partial charge in [0.1, 0.15) is 5.82 Å². The van der Waals surface area contributed by atoms with Crippen molar-refractivity contribution in [3.63, 3.8) is 0 Å². The van der Waals surface area contributed by atoms with Crippen LogP contribution < -0.4 is 16.0 Å². The molecule has 2 heterocycles. The fraction of sp³-hybridized carbons (Fsp3) is 0.182. The first-order valence-electron chi connectivity index (χ1n) is 9.26. The van der Waals surface area contributed by atoms with E-state index in [-0.39, 0.29) is 17.9 Å². The van der Waals surface area contributed by atoms with Gasteiger partial charge in [0.2, 0.25) is 0 Å². The normalized spacial score (nSPS) is 11.2. The Balaban J connectivity index is 1.92. The lowest BCUT2D eigenvalue weighted by molar-refractivity contribution is 0.518. The molecule has 4 rings (SSSR count). The minimum Gasteiger partial charge on any atom is -0.405 e. The quantitative estimate of drug-likeness (QED) is 0.487. The van der Waals surface area contributed by atoms with Crippen molar-refractivity contribution in [2.75, 3.05) is 11.0 Å². The van der Waals surface area contributed by atoms with Crippen molar-refractivity contribution >= 4 is 28.7 Å². The number of benzene rings is 2. The summed E-state index contributed by atoms with van der Waals surface area (Å²) in [6, 6.07) is 11.6. The van der Waals surface area contributed by atoms with Crippen molar-refractivity contribution in [1.82, 2.24) is 9.13 Å². The van der Waals surface area contributed by atoms with Crippen LogP contribution in [0.1, 0.15) is 11.1 Å². The van der Waals surface area contributed by atoms with Crippen LogP contribution in [0.3, 0.4) is 0 Å². The standard InChI is InChI=1S/C22H20FN3O3S/c1-13-8-16(12-25(2)21(13)27)15-9-18(24-30-3)20-19(10-15)26(22(28)29-20)11-14-4-6-17(23)7-5-14/h4-10,12,24H,11H2,1-3H3. The third-order valence-electron chi connectivity index (χ3n) is 4.93. The lowest BCUT2D eigenvalue weighted by Gasteiger charge is -2.11. The second-order valence-corrected chi connectivity index (χ2v) is 7.70. The zero-order valence-corrected chi connectivity index (χ0v) is 17.5. The molecule has 0 bridgehead atoms. The van der Waals surface area contributed by atoms with Crippen LogP contribution in [0.5, 0.6) is 0 Å². The maximum atomic E-state index is 13.2. The molecule has 8 heteroatoms. The second-order valence-electron chi connectivity index (χ2n) is 7.09. The SMILES string of the molecule is CSNc1cc(-c2cc(C)c(=O)n(C)c2)cc2c1oc(=O)n2Cc1ccc(F)cc1. The molecule has 0 saturated carbocycles. The van der Waals surface area contributed by atoms with Crippen molar-refractivity contribution in [3.05, 3.63) is 86.5 Å². The molecule has 0 amide bonds. The third kappa shape index (κ3) is 3.66. The lowest BCUT2D eigenvalue weighted by atomic mass is 10.0. The largest absolute Gasteiger partial charge is 0.420 e. The fourth-order valence-electron chi connectivity index (χ4n) is 3.47. The molecular weight excluding hydrogens is 405 g/mol. The summed E-state index contributed by atoms with van der Waals surface area (Å²) < 4.78 is 25.0. The van der Waals surface area contributed by atoms with Crippen molar-refractivity contribution < 1.29 is 8.81 Å². The van der Waals surface area contributed by atoms with Crippen LogP contribution in [0.25, 0.3) is 22.2 Å². The molecule has 0 radical (unpaired) electrons. The van der Waals surface area contributed by atoms with Gasteiger partial charge >= 0.3 is 5.76 Å². The molecule has 0 aliphatic carbocycles. The van der Waals surface area contributed by atoms with Crippen LogP contribution in [-0.2, 0) is 13.6 Å². The Kier molecular flexibility index (Phi) is 5.26. The molecule has 0 aliphatic rings. The molecule has 30 heavy (non-hydrogen) atoms. The van der Waals surface area contributed by atoms with Gasteiger partial charge in [0.25, 0.3) is 5.56 Å². The highest BCUT2D eigenvalue weighted by Gasteiger charge is 2.16. The number of aryl methyl sites for hydroxylation is 2. The van der Waals surface area contributed by atoms with Gasteiger partial charge in [-0.2, -0.15) is 0 Å². The molecule has 2 aromatic carbocycles. The van der Waals surface area contributed by atoms with E-state index in [1.54, 1.807) is 32.3 Å². The van der Waals surface area contributed by atoms with Crippen molar-refractivity contribution in [3.8, 4) is 11.1 Å². The first-order valence-corrected chi connectivity index (χ1v) is 10.5. The molecule has 4 aromatic rings. The smallest absolute Gasteiger partial charge is 0.405 e. The number of rotatable bonds is 5. The number of nitrogens with one attached hydrogen (secondary N) is 1. The number of halogens is 1. The Morgan fingerprint density at radius 1 is 1.10 bits per heavy atom. The van der Waals surface area contributed by atoms with E-state index >= 15 is 0 Å². The molecule has 0 fully saturated rings. The van der Waals surface area contributed by atoms with Gasteiger partial charge in [-0.15, -0.1) is 0 Å². The number of anilines is 1. The minimum atomic E-state index is -0.493. The lowest BCUT2D eigenvalue weighted by Crippen LogP contribution is -2.18. The van der Waals surface area contributed by atoms with E-state index in [1.165, 1.54) is 33.2 Å². The highest BCUT2D eigenvalue weighted by molar-refractivity contribution is 7.99. The number of oxazole rings is 1. The van der Waals surface area contributed by atoms with Crippen molar-refractivity contribution in [2.24, 2.45) is 7.05 Å². The number of fused-ring (bicyclic) bond motifs is 1.